The largest absolute Gasteiger partial charge is 0.495 e. The predicted molar refractivity (Wildman–Crippen MR) is 78.0 cm³/mol. The molecule has 2 rings (SSSR count). The minimum Gasteiger partial charge on any atom is -0.495 e. The van der Waals surface area contributed by atoms with Gasteiger partial charge >= 0.3 is 0 Å². The second kappa shape index (κ2) is 5.64. The van der Waals surface area contributed by atoms with E-state index < -0.39 is 0 Å². The number of hydrogen-bond acceptors (Lipinski definition) is 4. The van der Waals surface area contributed by atoms with Crippen LogP contribution in [0, 0.1) is 6.92 Å². The Morgan fingerprint density at radius 2 is 2.20 bits per heavy atom. The number of rotatable bonds is 4. The molecule has 0 aliphatic heterocycles. The Morgan fingerprint density at radius 3 is 2.85 bits per heavy atom. The molecular weight excluding hydrogens is 256 g/mol. The third-order valence-electron chi connectivity index (χ3n) is 2.91. The Hall–Kier alpha value is -2.50. The van der Waals surface area contributed by atoms with Gasteiger partial charge in [-0.15, -0.1) is 0 Å². The fourth-order valence-corrected chi connectivity index (χ4v) is 1.98. The van der Waals surface area contributed by atoms with E-state index in [1.807, 2.05) is 13.8 Å². The van der Waals surface area contributed by atoms with Gasteiger partial charge in [0.2, 0.25) is 0 Å². The fraction of sp³-hybridized carbons (Fsp3) is 0.286. The zero-order valence-corrected chi connectivity index (χ0v) is 11.8. The van der Waals surface area contributed by atoms with Crippen molar-refractivity contribution in [3.05, 3.63) is 35.7 Å². The predicted octanol–water partition coefficient (Wildman–Crippen LogP) is 2.05. The van der Waals surface area contributed by atoms with Crippen LogP contribution in [-0.4, -0.2) is 22.8 Å². The Morgan fingerprint density at radius 1 is 1.45 bits per heavy atom. The molecule has 0 aliphatic rings. The molecule has 3 N–H and O–H groups in total. The van der Waals surface area contributed by atoms with Crippen LogP contribution >= 0.6 is 0 Å². The summed E-state index contributed by atoms with van der Waals surface area (Å²) < 4.78 is 6.86. The summed E-state index contributed by atoms with van der Waals surface area (Å²) in [6.45, 7) is 4.42. The van der Waals surface area contributed by atoms with Crippen molar-refractivity contribution in [2.75, 3.05) is 18.2 Å². The smallest absolute Gasteiger partial charge is 0.274 e. The Labute approximate surface area is 117 Å². The molecule has 106 valence electrons. The standard InChI is InChI=1S/C14H18N4O2/c1-4-18-12(7-9(2)17-18)14(19)16-11-8-10(15)5-6-13(11)20-3/h5-8H,4,15H2,1-3H3,(H,16,19). The molecule has 1 heterocycles. The lowest BCUT2D eigenvalue weighted by Gasteiger charge is -2.11. The second-order valence-corrected chi connectivity index (χ2v) is 4.40. The van der Waals surface area contributed by atoms with Gasteiger partial charge in [-0.25, -0.2) is 0 Å². The molecule has 1 amide bonds. The van der Waals surface area contributed by atoms with Crippen LogP contribution in [0.1, 0.15) is 23.1 Å². The monoisotopic (exact) mass is 274 g/mol. The number of aryl methyl sites for hydroxylation is 2. The summed E-state index contributed by atoms with van der Waals surface area (Å²) in [6, 6.07) is 6.84. The van der Waals surface area contributed by atoms with Gasteiger partial charge in [0, 0.05) is 12.2 Å². The van der Waals surface area contributed by atoms with Crippen molar-refractivity contribution < 1.29 is 9.53 Å². The van der Waals surface area contributed by atoms with E-state index in [0.717, 1.165) is 5.69 Å². The van der Waals surface area contributed by atoms with E-state index >= 15 is 0 Å². The molecule has 0 fully saturated rings. The lowest BCUT2D eigenvalue weighted by molar-refractivity contribution is 0.101. The van der Waals surface area contributed by atoms with Crippen LogP contribution in [0.5, 0.6) is 5.75 Å². The highest BCUT2D eigenvalue weighted by molar-refractivity contribution is 6.04. The number of methoxy groups -OCH3 is 1. The molecule has 6 heteroatoms. The van der Waals surface area contributed by atoms with E-state index in [1.54, 1.807) is 36.1 Å². The second-order valence-electron chi connectivity index (χ2n) is 4.40. The van der Waals surface area contributed by atoms with E-state index in [0.29, 0.717) is 29.4 Å². The molecule has 0 saturated carbocycles. The number of carbonyl (C=O) groups is 1. The van der Waals surface area contributed by atoms with Crippen LogP contribution in [0.25, 0.3) is 0 Å². The van der Waals surface area contributed by atoms with Crippen molar-refractivity contribution in [1.29, 1.82) is 0 Å². The van der Waals surface area contributed by atoms with Crippen LogP contribution in [-0.2, 0) is 6.54 Å². The Kier molecular flexibility index (Phi) is 3.93. The first-order valence-corrected chi connectivity index (χ1v) is 6.34. The first kappa shape index (κ1) is 13.9. The van der Waals surface area contributed by atoms with Gasteiger partial charge < -0.3 is 15.8 Å². The van der Waals surface area contributed by atoms with Crippen LogP contribution in [0.4, 0.5) is 11.4 Å². The highest BCUT2D eigenvalue weighted by atomic mass is 16.5. The van der Waals surface area contributed by atoms with Crippen molar-refractivity contribution in [2.45, 2.75) is 20.4 Å². The third kappa shape index (κ3) is 2.74. The van der Waals surface area contributed by atoms with Crippen molar-refractivity contribution >= 4 is 17.3 Å². The highest BCUT2D eigenvalue weighted by Crippen LogP contribution is 2.27. The molecule has 1 aromatic carbocycles. The molecule has 0 bridgehead atoms. The molecule has 20 heavy (non-hydrogen) atoms. The van der Waals surface area contributed by atoms with Gasteiger partial charge in [-0.05, 0) is 38.1 Å². The maximum absolute atomic E-state index is 12.3. The normalized spacial score (nSPS) is 10.3. The van der Waals surface area contributed by atoms with Gasteiger partial charge in [-0.2, -0.15) is 5.10 Å². The SMILES string of the molecule is CCn1nc(C)cc1C(=O)Nc1cc(N)ccc1OC. The topological polar surface area (TPSA) is 82.2 Å². The molecule has 6 nitrogen and oxygen atoms in total. The summed E-state index contributed by atoms with van der Waals surface area (Å²) in [5, 5.41) is 7.05. The maximum Gasteiger partial charge on any atom is 0.274 e. The van der Waals surface area contributed by atoms with Gasteiger partial charge in [-0.3, -0.25) is 9.48 Å². The zero-order valence-electron chi connectivity index (χ0n) is 11.8. The van der Waals surface area contributed by atoms with E-state index in [4.69, 9.17) is 10.5 Å². The molecule has 0 radical (unpaired) electrons. The van der Waals surface area contributed by atoms with Crippen LogP contribution < -0.4 is 15.8 Å². The number of benzene rings is 1. The molecule has 0 aliphatic carbocycles. The van der Waals surface area contributed by atoms with Crippen LogP contribution in [0.3, 0.4) is 0 Å². The number of carbonyl (C=O) groups excluding carboxylic acids is 1. The Balaban J connectivity index is 2.29. The van der Waals surface area contributed by atoms with E-state index in [9.17, 15) is 4.79 Å². The summed E-state index contributed by atoms with van der Waals surface area (Å²) in [5.74, 6) is 0.322. The molecular formula is C14H18N4O2. The number of amides is 1. The quantitative estimate of drug-likeness (QED) is 0.836. The summed E-state index contributed by atoms with van der Waals surface area (Å²) >= 11 is 0. The lowest BCUT2D eigenvalue weighted by Crippen LogP contribution is -2.17. The lowest BCUT2D eigenvalue weighted by atomic mass is 10.2. The van der Waals surface area contributed by atoms with Gasteiger partial charge in [0.1, 0.15) is 11.4 Å². The van der Waals surface area contributed by atoms with Crippen molar-refractivity contribution in [2.24, 2.45) is 0 Å². The zero-order chi connectivity index (χ0) is 14.7. The number of anilines is 2. The number of aromatic nitrogens is 2. The highest BCUT2D eigenvalue weighted by Gasteiger charge is 2.15. The van der Waals surface area contributed by atoms with Gasteiger partial charge in [0.05, 0.1) is 18.5 Å². The van der Waals surface area contributed by atoms with Gasteiger partial charge in [-0.1, -0.05) is 0 Å². The maximum atomic E-state index is 12.3. The minimum atomic E-state index is -0.239. The third-order valence-corrected chi connectivity index (χ3v) is 2.91. The number of nitrogens with one attached hydrogen (secondary N) is 1. The van der Waals surface area contributed by atoms with E-state index in [1.165, 1.54) is 0 Å². The summed E-state index contributed by atoms with van der Waals surface area (Å²) in [4.78, 5) is 12.3. The molecule has 2 aromatic rings. The number of nitrogen functional groups attached to an aromatic ring is 1. The molecule has 0 atom stereocenters. The summed E-state index contributed by atoms with van der Waals surface area (Å²) in [7, 11) is 1.54. The summed E-state index contributed by atoms with van der Waals surface area (Å²) in [5.41, 5.74) is 8.14. The van der Waals surface area contributed by atoms with Gasteiger partial charge in [0.25, 0.3) is 5.91 Å². The van der Waals surface area contributed by atoms with Crippen LogP contribution in [0.15, 0.2) is 24.3 Å². The van der Waals surface area contributed by atoms with Crippen LogP contribution in [0.2, 0.25) is 0 Å². The Bertz CT molecular complexity index is 634. The fourth-order valence-electron chi connectivity index (χ4n) is 1.98. The average Bonchev–Trinajstić information content (AvgIpc) is 2.80. The first-order chi connectivity index (χ1) is 9.55. The van der Waals surface area contributed by atoms with E-state index in [2.05, 4.69) is 10.4 Å². The van der Waals surface area contributed by atoms with Gasteiger partial charge in [0.15, 0.2) is 0 Å². The first-order valence-electron chi connectivity index (χ1n) is 6.34. The molecule has 1 aromatic heterocycles. The molecule has 0 saturated heterocycles. The van der Waals surface area contributed by atoms with E-state index in [-0.39, 0.29) is 5.91 Å². The minimum absolute atomic E-state index is 0.239. The summed E-state index contributed by atoms with van der Waals surface area (Å²) in [6.07, 6.45) is 0. The number of ether oxygens (including phenoxy) is 1. The number of hydrogen-bond donors (Lipinski definition) is 2. The number of nitrogens with zero attached hydrogens (tertiary/aromatic N) is 2. The van der Waals surface area contributed by atoms with Crippen molar-refractivity contribution in [1.82, 2.24) is 9.78 Å². The van der Waals surface area contributed by atoms with Crippen molar-refractivity contribution in [3.8, 4) is 5.75 Å². The molecule has 0 spiro atoms. The average molecular weight is 274 g/mol. The molecule has 0 unspecified atom stereocenters. The van der Waals surface area contributed by atoms with Crippen molar-refractivity contribution in [3.63, 3.8) is 0 Å². The number of nitrogens with two attached hydrogens (primary N) is 1.